The van der Waals surface area contributed by atoms with Crippen LogP contribution in [0.3, 0.4) is 0 Å². The summed E-state index contributed by atoms with van der Waals surface area (Å²) in [6, 6.07) is 7.91. The molecule has 3 N–H and O–H groups in total. The number of carbonyl (C=O) groups excluding carboxylic acids is 1. The minimum Gasteiger partial charge on any atom is -0.444 e. The van der Waals surface area contributed by atoms with E-state index in [1.54, 1.807) is 4.90 Å². The molecule has 0 radical (unpaired) electrons. The Balaban J connectivity index is 1.91. The van der Waals surface area contributed by atoms with Crippen LogP contribution in [0.4, 0.5) is 16.2 Å². The molecule has 5 heteroatoms. The standard InChI is InChI=1S/C16H25N3O2/c1-16(2,3)21-15(20)19-10-4-5-14(11-19)18-13-8-6-12(17)7-9-13/h6-9,14,18H,4-5,10-11,17H2,1-3H3/t14-/m0/s1. The molecule has 21 heavy (non-hydrogen) atoms. The molecule has 1 aromatic rings. The van der Waals surface area contributed by atoms with Crippen molar-refractivity contribution in [3.8, 4) is 0 Å². The Bertz CT molecular complexity index is 479. The maximum absolute atomic E-state index is 12.1. The lowest BCUT2D eigenvalue weighted by Crippen LogP contribution is -2.46. The first kappa shape index (κ1) is 15.5. The van der Waals surface area contributed by atoms with Crippen molar-refractivity contribution in [1.82, 2.24) is 4.90 Å². The fourth-order valence-corrected chi connectivity index (χ4v) is 2.40. The lowest BCUT2D eigenvalue weighted by Gasteiger charge is -2.34. The summed E-state index contributed by atoms with van der Waals surface area (Å²) in [5.41, 5.74) is 7.01. The second-order valence-electron chi connectivity index (χ2n) is 6.53. The Hall–Kier alpha value is -1.91. The number of piperidine rings is 1. The molecule has 1 atom stereocenters. The van der Waals surface area contributed by atoms with Gasteiger partial charge in [-0.3, -0.25) is 0 Å². The molecule has 0 bridgehead atoms. The third-order valence-corrected chi connectivity index (χ3v) is 3.35. The molecular formula is C16H25N3O2. The van der Waals surface area contributed by atoms with Gasteiger partial charge in [0.05, 0.1) is 0 Å². The van der Waals surface area contributed by atoms with Crippen molar-refractivity contribution in [2.24, 2.45) is 0 Å². The minimum atomic E-state index is -0.450. The summed E-state index contributed by atoms with van der Waals surface area (Å²) < 4.78 is 5.43. The van der Waals surface area contributed by atoms with E-state index in [1.807, 2.05) is 45.0 Å². The van der Waals surface area contributed by atoms with Gasteiger partial charge in [-0.15, -0.1) is 0 Å². The number of carbonyl (C=O) groups is 1. The molecule has 2 rings (SSSR count). The fourth-order valence-electron chi connectivity index (χ4n) is 2.40. The molecule has 5 nitrogen and oxygen atoms in total. The van der Waals surface area contributed by atoms with Crippen molar-refractivity contribution < 1.29 is 9.53 Å². The fraction of sp³-hybridized carbons (Fsp3) is 0.562. The summed E-state index contributed by atoms with van der Waals surface area (Å²) in [7, 11) is 0. The number of nitrogens with zero attached hydrogens (tertiary/aromatic N) is 1. The Morgan fingerprint density at radius 1 is 1.33 bits per heavy atom. The van der Waals surface area contributed by atoms with Gasteiger partial charge in [0.2, 0.25) is 0 Å². The smallest absolute Gasteiger partial charge is 0.410 e. The van der Waals surface area contributed by atoms with Crippen LogP contribution >= 0.6 is 0 Å². The largest absolute Gasteiger partial charge is 0.444 e. The molecular weight excluding hydrogens is 266 g/mol. The minimum absolute atomic E-state index is 0.230. The Kier molecular flexibility index (Phi) is 4.60. The van der Waals surface area contributed by atoms with Crippen molar-refractivity contribution in [2.45, 2.75) is 45.3 Å². The molecule has 1 aliphatic heterocycles. The number of nitrogen functional groups attached to an aromatic ring is 1. The second-order valence-corrected chi connectivity index (χ2v) is 6.53. The van der Waals surface area contributed by atoms with Crippen LogP contribution in [0.2, 0.25) is 0 Å². The summed E-state index contributed by atoms with van der Waals surface area (Å²) in [6.45, 7) is 7.09. The molecule has 1 saturated heterocycles. The molecule has 1 aromatic carbocycles. The van der Waals surface area contributed by atoms with Crippen molar-refractivity contribution >= 4 is 17.5 Å². The number of amides is 1. The van der Waals surface area contributed by atoms with E-state index in [4.69, 9.17) is 10.5 Å². The lowest BCUT2D eigenvalue weighted by molar-refractivity contribution is 0.0206. The number of benzene rings is 1. The van der Waals surface area contributed by atoms with Crippen LogP contribution in [0.15, 0.2) is 24.3 Å². The number of hydrogen-bond acceptors (Lipinski definition) is 4. The highest BCUT2D eigenvalue weighted by atomic mass is 16.6. The molecule has 1 aliphatic rings. The first-order valence-corrected chi connectivity index (χ1v) is 7.43. The normalized spacial score (nSPS) is 19.2. The van der Waals surface area contributed by atoms with Crippen LogP contribution in [-0.2, 0) is 4.74 Å². The van der Waals surface area contributed by atoms with Gasteiger partial charge in [-0.25, -0.2) is 4.79 Å². The number of hydrogen-bond donors (Lipinski definition) is 2. The van der Waals surface area contributed by atoms with Gasteiger partial charge in [-0.1, -0.05) is 0 Å². The molecule has 1 amide bonds. The van der Waals surface area contributed by atoms with Crippen molar-refractivity contribution in [2.75, 3.05) is 24.1 Å². The van der Waals surface area contributed by atoms with E-state index in [1.165, 1.54) is 0 Å². The van der Waals surface area contributed by atoms with Crippen LogP contribution in [0.1, 0.15) is 33.6 Å². The van der Waals surface area contributed by atoms with Gasteiger partial charge in [-0.05, 0) is 57.9 Å². The van der Waals surface area contributed by atoms with Crippen LogP contribution in [0, 0.1) is 0 Å². The molecule has 0 saturated carbocycles. The van der Waals surface area contributed by atoms with Gasteiger partial charge in [-0.2, -0.15) is 0 Å². The number of likely N-dealkylation sites (tertiary alicyclic amines) is 1. The maximum Gasteiger partial charge on any atom is 0.410 e. The Morgan fingerprint density at radius 3 is 2.62 bits per heavy atom. The average Bonchev–Trinajstić information content (AvgIpc) is 2.40. The molecule has 116 valence electrons. The second kappa shape index (κ2) is 6.24. The van der Waals surface area contributed by atoms with E-state index in [2.05, 4.69) is 5.32 Å². The van der Waals surface area contributed by atoms with Crippen LogP contribution in [0.5, 0.6) is 0 Å². The maximum atomic E-state index is 12.1. The van der Waals surface area contributed by atoms with E-state index in [0.717, 1.165) is 30.8 Å². The SMILES string of the molecule is CC(C)(C)OC(=O)N1CCC[C@H](Nc2ccc(N)cc2)C1. The van der Waals surface area contributed by atoms with Gasteiger partial charge in [0.1, 0.15) is 5.60 Å². The van der Waals surface area contributed by atoms with Crippen LogP contribution in [-0.4, -0.2) is 35.7 Å². The highest BCUT2D eigenvalue weighted by molar-refractivity contribution is 5.68. The zero-order valence-corrected chi connectivity index (χ0v) is 13.1. The van der Waals surface area contributed by atoms with Gasteiger partial charge in [0.15, 0.2) is 0 Å². The Labute approximate surface area is 126 Å². The zero-order chi connectivity index (χ0) is 15.5. The van der Waals surface area contributed by atoms with E-state index in [9.17, 15) is 4.79 Å². The van der Waals surface area contributed by atoms with Gasteiger partial charge < -0.3 is 20.7 Å². The number of nitrogens with one attached hydrogen (secondary N) is 1. The van der Waals surface area contributed by atoms with Gasteiger partial charge in [0.25, 0.3) is 0 Å². The topological polar surface area (TPSA) is 67.6 Å². The molecule has 0 spiro atoms. The average molecular weight is 291 g/mol. The van der Waals surface area contributed by atoms with Crippen LogP contribution in [0.25, 0.3) is 0 Å². The van der Waals surface area contributed by atoms with Crippen molar-refractivity contribution in [3.63, 3.8) is 0 Å². The molecule has 0 aromatic heterocycles. The molecule has 0 unspecified atom stereocenters. The number of ether oxygens (including phenoxy) is 1. The highest BCUT2D eigenvalue weighted by Crippen LogP contribution is 2.19. The van der Waals surface area contributed by atoms with E-state index >= 15 is 0 Å². The third-order valence-electron chi connectivity index (χ3n) is 3.35. The zero-order valence-electron chi connectivity index (χ0n) is 13.1. The summed E-state index contributed by atoms with van der Waals surface area (Å²) in [6.07, 6.45) is 1.79. The van der Waals surface area contributed by atoms with E-state index in [-0.39, 0.29) is 12.1 Å². The lowest BCUT2D eigenvalue weighted by atomic mass is 10.1. The summed E-state index contributed by atoms with van der Waals surface area (Å²) in [4.78, 5) is 13.9. The summed E-state index contributed by atoms with van der Waals surface area (Å²) in [5.74, 6) is 0. The predicted octanol–water partition coefficient (Wildman–Crippen LogP) is 3.08. The monoisotopic (exact) mass is 291 g/mol. The van der Waals surface area contributed by atoms with Gasteiger partial charge >= 0.3 is 6.09 Å². The van der Waals surface area contributed by atoms with Gasteiger partial charge in [0, 0.05) is 30.5 Å². The number of anilines is 2. The summed E-state index contributed by atoms with van der Waals surface area (Å²) >= 11 is 0. The molecule has 1 fully saturated rings. The summed E-state index contributed by atoms with van der Waals surface area (Å²) in [5, 5.41) is 3.45. The third kappa shape index (κ3) is 4.85. The Morgan fingerprint density at radius 2 is 2.00 bits per heavy atom. The predicted molar refractivity (Wildman–Crippen MR) is 85.3 cm³/mol. The number of nitrogens with two attached hydrogens (primary N) is 1. The van der Waals surface area contributed by atoms with Crippen molar-refractivity contribution in [1.29, 1.82) is 0 Å². The van der Waals surface area contributed by atoms with Crippen LogP contribution < -0.4 is 11.1 Å². The molecule has 1 heterocycles. The van der Waals surface area contributed by atoms with E-state index < -0.39 is 5.60 Å². The molecule has 0 aliphatic carbocycles. The first-order valence-electron chi connectivity index (χ1n) is 7.43. The first-order chi connectivity index (χ1) is 9.83. The van der Waals surface area contributed by atoms with E-state index in [0.29, 0.717) is 6.54 Å². The quantitative estimate of drug-likeness (QED) is 0.822. The number of rotatable bonds is 2. The highest BCUT2D eigenvalue weighted by Gasteiger charge is 2.27. The van der Waals surface area contributed by atoms with Crippen molar-refractivity contribution in [3.05, 3.63) is 24.3 Å².